The van der Waals surface area contributed by atoms with Crippen LogP contribution >= 0.6 is 0 Å². The van der Waals surface area contributed by atoms with E-state index in [1.807, 2.05) is 55.7 Å². The lowest BCUT2D eigenvalue weighted by molar-refractivity contribution is 0.0477. The molecule has 1 aliphatic heterocycles. The van der Waals surface area contributed by atoms with Crippen molar-refractivity contribution in [1.29, 1.82) is 0 Å². The molecule has 0 bridgehead atoms. The van der Waals surface area contributed by atoms with Gasteiger partial charge in [-0.15, -0.1) is 0 Å². The summed E-state index contributed by atoms with van der Waals surface area (Å²) in [6.07, 6.45) is 8.03. The molecule has 1 aliphatic rings. The average molecular weight is 490 g/mol. The third-order valence-corrected chi connectivity index (χ3v) is 6.08. The summed E-state index contributed by atoms with van der Waals surface area (Å²) >= 11 is 0. The van der Waals surface area contributed by atoms with Gasteiger partial charge in [0.2, 0.25) is 0 Å². The van der Waals surface area contributed by atoms with Gasteiger partial charge in [0.25, 0.3) is 0 Å². The number of nitrogens with zero attached hydrogens (tertiary/aromatic N) is 5. The fraction of sp³-hybridized carbons (Fsp3) is 0.385. The van der Waals surface area contributed by atoms with Crippen molar-refractivity contribution in [3.63, 3.8) is 0 Å². The molecule has 188 valence electrons. The number of likely N-dealkylation sites (tertiary alicyclic amines) is 1. The molecular weight excluding hydrogens is 458 g/mol. The van der Waals surface area contributed by atoms with Gasteiger partial charge in [-0.2, -0.15) is 5.10 Å². The Morgan fingerprint density at radius 1 is 1.22 bits per heavy atom. The van der Waals surface area contributed by atoms with E-state index in [-0.39, 0.29) is 12.1 Å². The van der Waals surface area contributed by atoms with Crippen molar-refractivity contribution in [3.05, 3.63) is 61.0 Å². The van der Waals surface area contributed by atoms with Crippen molar-refractivity contribution >= 4 is 23.1 Å². The SMILES string of the molecule is CC(C)(C)OC(=O)NC1CCN(Cc2ccn3ncnc(Nc4cccc(-c5cnco5)c4)c23)CC1. The normalized spacial score (nSPS) is 15.2. The molecule has 4 heterocycles. The average Bonchev–Trinajstić information content (AvgIpc) is 3.51. The maximum absolute atomic E-state index is 12.1. The molecule has 0 atom stereocenters. The summed E-state index contributed by atoms with van der Waals surface area (Å²) in [7, 11) is 0. The van der Waals surface area contributed by atoms with Crippen LogP contribution in [-0.4, -0.2) is 55.3 Å². The number of benzene rings is 1. The van der Waals surface area contributed by atoms with Gasteiger partial charge in [-0.05, 0) is 57.4 Å². The van der Waals surface area contributed by atoms with Crippen molar-refractivity contribution in [2.24, 2.45) is 0 Å². The van der Waals surface area contributed by atoms with Crippen LogP contribution in [0.4, 0.5) is 16.3 Å². The number of piperidine rings is 1. The molecule has 3 aromatic heterocycles. The first kappa shape index (κ1) is 23.8. The van der Waals surface area contributed by atoms with Gasteiger partial charge in [0, 0.05) is 43.1 Å². The fourth-order valence-corrected chi connectivity index (χ4v) is 4.43. The zero-order chi connectivity index (χ0) is 25.1. The minimum Gasteiger partial charge on any atom is -0.444 e. The maximum atomic E-state index is 12.1. The lowest BCUT2D eigenvalue weighted by atomic mass is 10.0. The van der Waals surface area contributed by atoms with E-state index < -0.39 is 5.60 Å². The number of amides is 1. The number of ether oxygens (including phenoxy) is 1. The number of alkyl carbamates (subject to hydrolysis) is 1. The van der Waals surface area contributed by atoms with Crippen LogP contribution in [0.3, 0.4) is 0 Å². The van der Waals surface area contributed by atoms with Crippen LogP contribution in [0.1, 0.15) is 39.2 Å². The number of nitrogens with one attached hydrogen (secondary N) is 2. The van der Waals surface area contributed by atoms with Crippen LogP contribution in [-0.2, 0) is 11.3 Å². The van der Waals surface area contributed by atoms with E-state index in [4.69, 9.17) is 9.15 Å². The first-order chi connectivity index (χ1) is 17.3. The fourth-order valence-electron chi connectivity index (χ4n) is 4.43. The predicted octanol–water partition coefficient (Wildman–Crippen LogP) is 4.62. The summed E-state index contributed by atoms with van der Waals surface area (Å²) in [4.78, 5) is 23.0. The number of fused-ring (bicyclic) bond motifs is 1. The summed E-state index contributed by atoms with van der Waals surface area (Å²) < 4.78 is 12.7. The number of anilines is 2. The summed E-state index contributed by atoms with van der Waals surface area (Å²) in [6.45, 7) is 8.16. The Morgan fingerprint density at radius 3 is 2.81 bits per heavy atom. The molecule has 5 rings (SSSR count). The van der Waals surface area contributed by atoms with Crippen molar-refractivity contribution in [2.45, 2.75) is 51.8 Å². The molecular formula is C26H31N7O3. The Kier molecular flexibility index (Phi) is 6.60. The van der Waals surface area contributed by atoms with Gasteiger partial charge < -0.3 is 19.8 Å². The minimum atomic E-state index is -0.494. The quantitative estimate of drug-likeness (QED) is 0.404. The monoisotopic (exact) mass is 489 g/mol. The molecule has 4 aromatic rings. The maximum Gasteiger partial charge on any atom is 0.407 e. The van der Waals surface area contributed by atoms with Crippen molar-refractivity contribution in [1.82, 2.24) is 29.8 Å². The van der Waals surface area contributed by atoms with Crippen molar-refractivity contribution in [2.75, 3.05) is 18.4 Å². The molecule has 1 saturated heterocycles. The molecule has 0 spiro atoms. The second-order valence-electron chi connectivity index (χ2n) is 10.0. The van der Waals surface area contributed by atoms with Gasteiger partial charge in [0.1, 0.15) is 17.4 Å². The standard InChI is InChI=1S/C26H31N7O3/c1-26(2,3)36-25(34)31-20-8-10-32(11-9-20)15-19-7-12-33-23(19)24(28-16-29-33)30-21-6-4-5-18(13-21)22-14-27-17-35-22/h4-7,12-14,16-17,20H,8-11,15H2,1-3H3,(H,31,34)(H,28,29,30). The number of hydrogen-bond acceptors (Lipinski definition) is 8. The first-order valence-electron chi connectivity index (χ1n) is 12.1. The van der Waals surface area contributed by atoms with Gasteiger partial charge in [-0.25, -0.2) is 19.3 Å². The molecule has 1 aromatic carbocycles. The molecule has 36 heavy (non-hydrogen) atoms. The van der Waals surface area contributed by atoms with Crippen molar-refractivity contribution < 1.29 is 13.9 Å². The van der Waals surface area contributed by atoms with Crippen LogP contribution in [0.2, 0.25) is 0 Å². The summed E-state index contributed by atoms with van der Waals surface area (Å²) in [5.74, 6) is 1.45. The minimum absolute atomic E-state index is 0.124. The van der Waals surface area contributed by atoms with Crippen LogP contribution < -0.4 is 10.6 Å². The van der Waals surface area contributed by atoms with Gasteiger partial charge in [0.15, 0.2) is 18.0 Å². The van der Waals surface area contributed by atoms with Gasteiger partial charge >= 0.3 is 6.09 Å². The first-order valence-corrected chi connectivity index (χ1v) is 12.1. The number of aromatic nitrogens is 4. The highest BCUT2D eigenvalue weighted by Crippen LogP contribution is 2.28. The number of carbonyl (C=O) groups is 1. The highest BCUT2D eigenvalue weighted by atomic mass is 16.6. The third kappa shape index (κ3) is 5.65. The van der Waals surface area contributed by atoms with E-state index in [0.29, 0.717) is 5.76 Å². The van der Waals surface area contributed by atoms with E-state index in [1.54, 1.807) is 12.5 Å². The third-order valence-electron chi connectivity index (χ3n) is 6.08. The molecule has 2 N–H and O–H groups in total. The van der Waals surface area contributed by atoms with Crippen LogP contribution in [0, 0.1) is 0 Å². The van der Waals surface area contributed by atoms with Crippen LogP contribution in [0.15, 0.2) is 59.9 Å². The lowest BCUT2D eigenvalue weighted by Crippen LogP contribution is -2.45. The smallest absolute Gasteiger partial charge is 0.407 e. The second kappa shape index (κ2) is 9.98. The lowest BCUT2D eigenvalue weighted by Gasteiger charge is -2.32. The molecule has 1 fully saturated rings. The van der Waals surface area contributed by atoms with Crippen LogP contribution in [0.25, 0.3) is 16.8 Å². The number of rotatable bonds is 6. The highest BCUT2D eigenvalue weighted by Gasteiger charge is 2.24. The molecule has 0 radical (unpaired) electrons. The zero-order valence-electron chi connectivity index (χ0n) is 20.8. The van der Waals surface area contributed by atoms with Gasteiger partial charge in [0.05, 0.1) is 6.20 Å². The van der Waals surface area contributed by atoms with E-state index >= 15 is 0 Å². The summed E-state index contributed by atoms with van der Waals surface area (Å²) in [5, 5.41) is 10.8. The molecule has 1 amide bonds. The highest BCUT2D eigenvalue weighted by molar-refractivity contribution is 5.77. The van der Waals surface area contributed by atoms with Gasteiger partial charge in [-0.1, -0.05) is 12.1 Å². The van der Waals surface area contributed by atoms with Gasteiger partial charge in [-0.3, -0.25) is 4.90 Å². The Labute approximate surface area is 209 Å². The molecule has 0 unspecified atom stereocenters. The van der Waals surface area contributed by atoms with E-state index in [1.165, 1.54) is 6.39 Å². The Bertz CT molecular complexity index is 1320. The topological polar surface area (TPSA) is 110 Å². The number of oxazole rings is 1. The Hall–Kier alpha value is -3.92. The van der Waals surface area contributed by atoms with E-state index in [9.17, 15) is 4.79 Å². The predicted molar refractivity (Wildman–Crippen MR) is 136 cm³/mol. The zero-order valence-corrected chi connectivity index (χ0v) is 20.8. The largest absolute Gasteiger partial charge is 0.444 e. The van der Waals surface area contributed by atoms with E-state index in [2.05, 4.69) is 36.7 Å². The molecule has 0 saturated carbocycles. The summed E-state index contributed by atoms with van der Waals surface area (Å²) in [6, 6.07) is 10.1. The molecule has 0 aliphatic carbocycles. The van der Waals surface area contributed by atoms with E-state index in [0.717, 1.165) is 60.6 Å². The molecule has 10 nitrogen and oxygen atoms in total. The second-order valence-corrected chi connectivity index (χ2v) is 10.0. The number of hydrogen-bond donors (Lipinski definition) is 2. The summed E-state index contributed by atoms with van der Waals surface area (Å²) in [5.41, 5.74) is 3.41. The van der Waals surface area contributed by atoms with Crippen LogP contribution in [0.5, 0.6) is 0 Å². The van der Waals surface area contributed by atoms with Crippen molar-refractivity contribution in [3.8, 4) is 11.3 Å². The Morgan fingerprint density at radius 2 is 2.06 bits per heavy atom. The molecule has 10 heteroatoms. The number of carbonyl (C=O) groups excluding carboxylic acids is 1. The Balaban J connectivity index is 1.26.